The molecule has 0 spiro atoms. The van der Waals surface area contributed by atoms with Gasteiger partial charge in [-0.1, -0.05) is 19.8 Å². The average Bonchev–Trinajstić information content (AvgIpc) is 2.17. The fraction of sp³-hybridized carbons (Fsp3) is 0.818. The second kappa shape index (κ2) is 5.30. The fourth-order valence-electron chi connectivity index (χ4n) is 2.35. The molecule has 92 valence electrons. The minimum absolute atomic E-state index is 0.0938. The first-order valence-corrected chi connectivity index (χ1v) is 5.53. The zero-order valence-electron chi connectivity index (χ0n) is 9.78. The molecule has 1 aliphatic rings. The van der Waals surface area contributed by atoms with Crippen molar-refractivity contribution in [1.82, 2.24) is 5.32 Å². The third-order valence-corrected chi connectivity index (χ3v) is 3.06. The van der Waals surface area contributed by atoms with Gasteiger partial charge < -0.3 is 15.2 Å². The summed E-state index contributed by atoms with van der Waals surface area (Å²) in [6, 6.07) is 0. The highest BCUT2D eigenvalue weighted by atomic mass is 16.5. The van der Waals surface area contributed by atoms with Gasteiger partial charge in [0.2, 0.25) is 5.91 Å². The molecule has 0 aromatic carbocycles. The Balaban J connectivity index is 2.72. The first kappa shape index (κ1) is 13.0. The van der Waals surface area contributed by atoms with E-state index >= 15 is 0 Å². The Hall–Kier alpha value is -1.10. The first-order valence-electron chi connectivity index (χ1n) is 5.53. The van der Waals surface area contributed by atoms with Crippen LogP contribution in [0.25, 0.3) is 0 Å². The van der Waals surface area contributed by atoms with Gasteiger partial charge in [-0.15, -0.1) is 0 Å². The van der Waals surface area contributed by atoms with Crippen LogP contribution in [0.15, 0.2) is 0 Å². The molecule has 1 saturated carbocycles. The van der Waals surface area contributed by atoms with Gasteiger partial charge in [-0.25, -0.2) is 4.79 Å². The Kier molecular flexibility index (Phi) is 4.29. The Morgan fingerprint density at radius 1 is 1.56 bits per heavy atom. The van der Waals surface area contributed by atoms with E-state index in [4.69, 9.17) is 4.74 Å². The Morgan fingerprint density at radius 2 is 2.25 bits per heavy atom. The number of rotatable bonds is 4. The smallest absolute Gasteiger partial charge is 0.329 e. The third kappa shape index (κ3) is 2.95. The Morgan fingerprint density at radius 3 is 2.75 bits per heavy atom. The summed E-state index contributed by atoms with van der Waals surface area (Å²) in [5.41, 5.74) is -1.09. The number of hydrogen-bond acceptors (Lipinski definition) is 3. The molecule has 2 N–H and O–H groups in total. The second-order valence-electron chi connectivity index (χ2n) is 4.57. The fourth-order valence-corrected chi connectivity index (χ4v) is 2.35. The summed E-state index contributed by atoms with van der Waals surface area (Å²) in [5, 5.41) is 11.9. The molecule has 1 aliphatic carbocycles. The zero-order chi connectivity index (χ0) is 12.2. The number of amides is 1. The van der Waals surface area contributed by atoms with Crippen molar-refractivity contribution in [3.8, 4) is 0 Å². The Labute approximate surface area is 95.2 Å². The molecular formula is C11H19NO4. The molecule has 1 rings (SSSR count). The molecule has 1 fully saturated rings. The predicted octanol–water partition coefficient (Wildman–Crippen LogP) is 0.782. The van der Waals surface area contributed by atoms with Gasteiger partial charge >= 0.3 is 5.97 Å². The SMILES string of the molecule is COCC(=O)NC1(C(=O)O)CCCC(C)C1. The molecule has 2 unspecified atom stereocenters. The highest BCUT2D eigenvalue weighted by molar-refractivity contribution is 5.87. The van der Waals surface area contributed by atoms with E-state index in [1.54, 1.807) is 0 Å². The molecule has 5 nitrogen and oxygen atoms in total. The average molecular weight is 229 g/mol. The summed E-state index contributed by atoms with van der Waals surface area (Å²) in [4.78, 5) is 22.7. The summed E-state index contributed by atoms with van der Waals surface area (Å²) in [5.74, 6) is -0.977. The van der Waals surface area contributed by atoms with Gasteiger partial charge in [0.05, 0.1) is 0 Å². The van der Waals surface area contributed by atoms with Crippen LogP contribution >= 0.6 is 0 Å². The third-order valence-electron chi connectivity index (χ3n) is 3.06. The number of carboxylic acids is 1. The minimum Gasteiger partial charge on any atom is -0.480 e. The van der Waals surface area contributed by atoms with Crippen molar-refractivity contribution in [2.45, 2.75) is 38.1 Å². The van der Waals surface area contributed by atoms with E-state index in [0.29, 0.717) is 18.8 Å². The highest BCUT2D eigenvalue weighted by Gasteiger charge is 2.42. The van der Waals surface area contributed by atoms with Crippen molar-refractivity contribution in [1.29, 1.82) is 0 Å². The van der Waals surface area contributed by atoms with Crippen LogP contribution in [-0.2, 0) is 14.3 Å². The maximum absolute atomic E-state index is 11.4. The van der Waals surface area contributed by atoms with E-state index in [0.717, 1.165) is 12.8 Å². The summed E-state index contributed by atoms with van der Waals surface area (Å²) in [7, 11) is 1.41. The van der Waals surface area contributed by atoms with E-state index < -0.39 is 11.5 Å². The van der Waals surface area contributed by atoms with E-state index in [1.807, 2.05) is 6.92 Å². The van der Waals surface area contributed by atoms with Crippen LogP contribution in [0.4, 0.5) is 0 Å². The molecule has 0 heterocycles. The molecule has 0 saturated heterocycles. The van der Waals surface area contributed by atoms with Crippen molar-refractivity contribution in [3.05, 3.63) is 0 Å². The number of nitrogens with one attached hydrogen (secondary N) is 1. The van der Waals surface area contributed by atoms with E-state index in [9.17, 15) is 14.7 Å². The molecule has 1 amide bonds. The van der Waals surface area contributed by atoms with Gasteiger partial charge in [0.1, 0.15) is 12.1 Å². The summed E-state index contributed by atoms with van der Waals surface area (Å²) < 4.78 is 4.69. The van der Waals surface area contributed by atoms with Gasteiger partial charge in [-0.2, -0.15) is 0 Å². The van der Waals surface area contributed by atoms with Gasteiger partial charge in [0.15, 0.2) is 0 Å². The van der Waals surface area contributed by atoms with Gasteiger partial charge in [-0.05, 0) is 18.8 Å². The van der Waals surface area contributed by atoms with Crippen LogP contribution in [0.3, 0.4) is 0 Å². The lowest BCUT2D eigenvalue weighted by Crippen LogP contribution is -2.57. The first-order chi connectivity index (χ1) is 7.50. The normalized spacial score (nSPS) is 29.8. The van der Waals surface area contributed by atoms with Crippen molar-refractivity contribution < 1.29 is 19.4 Å². The molecule has 0 aliphatic heterocycles. The van der Waals surface area contributed by atoms with Crippen molar-refractivity contribution >= 4 is 11.9 Å². The standard InChI is InChI=1S/C11H19NO4/c1-8-4-3-5-11(6-8,10(14)15)12-9(13)7-16-2/h8H,3-7H2,1-2H3,(H,12,13)(H,14,15). The van der Waals surface area contributed by atoms with Crippen LogP contribution in [0.5, 0.6) is 0 Å². The van der Waals surface area contributed by atoms with Crippen LogP contribution in [0.2, 0.25) is 0 Å². The highest BCUT2D eigenvalue weighted by Crippen LogP contribution is 2.32. The summed E-state index contributed by atoms with van der Waals surface area (Å²) in [6.45, 7) is 1.92. The predicted molar refractivity (Wildman–Crippen MR) is 58.0 cm³/mol. The number of methoxy groups -OCH3 is 1. The number of carbonyl (C=O) groups excluding carboxylic acids is 1. The van der Waals surface area contributed by atoms with E-state index in [1.165, 1.54) is 7.11 Å². The lowest BCUT2D eigenvalue weighted by Gasteiger charge is -2.36. The molecule has 16 heavy (non-hydrogen) atoms. The lowest BCUT2D eigenvalue weighted by molar-refractivity contribution is -0.150. The van der Waals surface area contributed by atoms with Crippen LogP contribution in [0, 0.1) is 5.92 Å². The molecule has 2 atom stereocenters. The number of carbonyl (C=O) groups is 2. The van der Waals surface area contributed by atoms with E-state index in [-0.39, 0.29) is 12.5 Å². The maximum atomic E-state index is 11.4. The number of aliphatic carboxylic acids is 1. The van der Waals surface area contributed by atoms with Gasteiger partial charge in [0.25, 0.3) is 0 Å². The molecule has 0 aromatic heterocycles. The second-order valence-corrected chi connectivity index (χ2v) is 4.57. The number of ether oxygens (including phenoxy) is 1. The number of carboxylic acid groups (broad SMARTS) is 1. The van der Waals surface area contributed by atoms with Crippen molar-refractivity contribution in [2.75, 3.05) is 13.7 Å². The van der Waals surface area contributed by atoms with Gasteiger partial charge in [-0.3, -0.25) is 4.79 Å². The maximum Gasteiger partial charge on any atom is 0.329 e. The topological polar surface area (TPSA) is 75.6 Å². The van der Waals surface area contributed by atoms with Crippen LogP contribution in [0.1, 0.15) is 32.6 Å². The van der Waals surface area contributed by atoms with Crippen molar-refractivity contribution in [3.63, 3.8) is 0 Å². The molecule has 0 bridgehead atoms. The van der Waals surface area contributed by atoms with E-state index in [2.05, 4.69) is 5.32 Å². The van der Waals surface area contributed by atoms with Crippen molar-refractivity contribution in [2.24, 2.45) is 5.92 Å². The molecule has 0 radical (unpaired) electrons. The number of hydrogen-bond donors (Lipinski definition) is 2. The zero-order valence-corrected chi connectivity index (χ0v) is 9.78. The summed E-state index contributed by atoms with van der Waals surface area (Å²) in [6.07, 6.45) is 2.86. The lowest BCUT2D eigenvalue weighted by atomic mass is 9.76. The summed E-state index contributed by atoms with van der Waals surface area (Å²) >= 11 is 0. The molecule has 5 heteroatoms. The van der Waals surface area contributed by atoms with Crippen LogP contribution < -0.4 is 5.32 Å². The largest absolute Gasteiger partial charge is 0.480 e. The molecule has 0 aromatic rings. The molecular weight excluding hydrogens is 210 g/mol. The monoisotopic (exact) mass is 229 g/mol. The van der Waals surface area contributed by atoms with Crippen LogP contribution in [-0.4, -0.2) is 36.2 Å². The Bertz CT molecular complexity index is 279. The quantitative estimate of drug-likeness (QED) is 0.747. The minimum atomic E-state index is -1.09. The van der Waals surface area contributed by atoms with Gasteiger partial charge in [0, 0.05) is 7.11 Å².